The molecule has 0 aromatic heterocycles. The molecule has 1 heterocycles. The van der Waals surface area contributed by atoms with Gasteiger partial charge < -0.3 is 15.4 Å². The van der Waals surface area contributed by atoms with E-state index in [0.717, 1.165) is 12.8 Å². The number of hydrogen-bond acceptors (Lipinski definition) is 4. The van der Waals surface area contributed by atoms with E-state index in [1.165, 1.54) is 13.2 Å². The Labute approximate surface area is 140 Å². The van der Waals surface area contributed by atoms with Crippen molar-refractivity contribution < 1.29 is 18.7 Å². The fourth-order valence-electron chi connectivity index (χ4n) is 2.87. The van der Waals surface area contributed by atoms with Gasteiger partial charge in [0.25, 0.3) is 0 Å². The van der Waals surface area contributed by atoms with Crippen molar-refractivity contribution in [2.75, 3.05) is 20.2 Å². The van der Waals surface area contributed by atoms with E-state index in [9.17, 15) is 14.0 Å². The third-order valence-corrected chi connectivity index (χ3v) is 4.40. The second-order valence-electron chi connectivity index (χ2n) is 6.28. The molecule has 7 heteroatoms. The first-order valence-electron chi connectivity index (χ1n) is 8.20. The summed E-state index contributed by atoms with van der Waals surface area (Å²) >= 11 is 0. The molecule has 2 N–H and O–H groups in total. The smallest absolute Gasteiger partial charge is 0.237 e. The van der Waals surface area contributed by atoms with Crippen LogP contribution in [-0.2, 0) is 16.1 Å². The first-order chi connectivity index (χ1) is 11.6. The Balaban J connectivity index is 1.68. The summed E-state index contributed by atoms with van der Waals surface area (Å²) in [7, 11) is 1.48. The van der Waals surface area contributed by atoms with E-state index in [0.29, 0.717) is 24.4 Å². The van der Waals surface area contributed by atoms with Crippen LogP contribution in [-0.4, -0.2) is 49.0 Å². The number of amides is 2. The van der Waals surface area contributed by atoms with Crippen LogP contribution in [0.5, 0.6) is 5.75 Å². The van der Waals surface area contributed by atoms with Crippen LogP contribution < -0.4 is 15.4 Å². The molecule has 2 fully saturated rings. The zero-order valence-electron chi connectivity index (χ0n) is 13.7. The van der Waals surface area contributed by atoms with Crippen LogP contribution in [0.4, 0.5) is 4.39 Å². The Morgan fingerprint density at radius 1 is 1.46 bits per heavy atom. The maximum Gasteiger partial charge on any atom is 0.237 e. The van der Waals surface area contributed by atoms with E-state index in [4.69, 9.17) is 4.74 Å². The van der Waals surface area contributed by atoms with Crippen molar-refractivity contribution in [1.82, 2.24) is 15.5 Å². The fraction of sp³-hybridized carbons (Fsp3) is 0.529. The summed E-state index contributed by atoms with van der Waals surface area (Å²) in [5.74, 6) is -0.226. The molecule has 1 saturated heterocycles. The maximum absolute atomic E-state index is 14.2. The molecule has 130 valence electrons. The molecule has 2 amide bonds. The monoisotopic (exact) mass is 335 g/mol. The molecule has 6 nitrogen and oxygen atoms in total. The van der Waals surface area contributed by atoms with Crippen LogP contribution in [0.1, 0.15) is 24.8 Å². The van der Waals surface area contributed by atoms with E-state index in [1.807, 2.05) is 4.90 Å². The molecular formula is C17H22FN3O3. The Bertz CT molecular complexity index is 634. The lowest BCUT2D eigenvalue weighted by atomic mass is 10.1. The van der Waals surface area contributed by atoms with Crippen LogP contribution in [0.15, 0.2) is 18.2 Å². The molecule has 24 heavy (non-hydrogen) atoms. The number of hydrogen-bond donors (Lipinski definition) is 2. The van der Waals surface area contributed by atoms with Crippen molar-refractivity contribution in [3.8, 4) is 5.75 Å². The SMILES string of the molecule is COc1ccc(CN2CCNC(=O)C2CC(=O)NC2CC2)c(F)c1. The minimum Gasteiger partial charge on any atom is -0.497 e. The van der Waals surface area contributed by atoms with Gasteiger partial charge in [0.1, 0.15) is 11.6 Å². The maximum atomic E-state index is 14.2. The molecule has 0 spiro atoms. The van der Waals surface area contributed by atoms with Crippen LogP contribution >= 0.6 is 0 Å². The van der Waals surface area contributed by atoms with E-state index in [2.05, 4.69) is 10.6 Å². The van der Waals surface area contributed by atoms with Crippen LogP contribution in [0.3, 0.4) is 0 Å². The number of nitrogens with one attached hydrogen (secondary N) is 2. The normalized spacial score (nSPS) is 21.2. The van der Waals surface area contributed by atoms with Gasteiger partial charge in [0.05, 0.1) is 19.6 Å². The van der Waals surface area contributed by atoms with Crippen molar-refractivity contribution in [3.05, 3.63) is 29.6 Å². The fourth-order valence-corrected chi connectivity index (χ4v) is 2.87. The van der Waals surface area contributed by atoms with Crippen LogP contribution in [0.2, 0.25) is 0 Å². The van der Waals surface area contributed by atoms with E-state index >= 15 is 0 Å². The molecule has 1 atom stereocenters. The lowest BCUT2D eigenvalue weighted by molar-refractivity contribution is -0.134. The van der Waals surface area contributed by atoms with Crippen molar-refractivity contribution >= 4 is 11.8 Å². The minimum atomic E-state index is -0.570. The zero-order valence-corrected chi connectivity index (χ0v) is 13.7. The Hall–Kier alpha value is -2.15. The van der Waals surface area contributed by atoms with Crippen LogP contribution in [0, 0.1) is 5.82 Å². The van der Waals surface area contributed by atoms with Gasteiger partial charge in [-0.3, -0.25) is 14.5 Å². The number of benzene rings is 1. The summed E-state index contributed by atoms with van der Waals surface area (Å²) < 4.78 is 19.2. The van der Waals surface area contributed by atoms with Crippen LogP contribution in [0.25, 0.3) is 0 Å². The highest BCUT2D eigenvalue weighted by Gasteiger charge is 2.33. The zero-order chi connectivity index (χ0) is 17.1. The summed E-state index contributed by atoms with van der Waals surface area (Å²) in [6, 6.07) is 4.36. The quantitative estimate of drug-likeness (QED) is 0.807. The van der Waals surface area contributed by atoms with Gasteiger partial charge in [-0.1, -0.05) is 6.07 Å². The Morgan fingerprint density at radius 2 is 2.25 bits per heavy atom. The number of ether oxygens (including phenoxy) is 1. The van der Waals surface area contributed by atoms with E-state index < -0.39 is 6.04 Å². The number of methoxy groups -OCH3 is 1. The van der Waals surface area contributed by atoms with Gasteiger partial charge in [0, 0.05) is 37.3 Å². The molecular weight excluding hydrogens is 313 g/mol. The third-order valence-electron chi connectivity index (χ3n) is 4.40. The van der Waals surface area contributed by atoms with Gasteiger partial charge in [-0.2, -0.15) is 0 Å². The summed E-state index contributed by atoms with van der Waals surface area (Å²) in [5, 5.41) is 5.68. The number of carbonyl (C=O) groups is 2. The molecule has 1 aromatic carbocycles. The van der Waals surface area contributed by atoms with Gasteiger partial charge in [-0.15, -0.1) is 0 Å². The molecule has 3 rings (SSSR count). The van der Waals surface area contributed by atoms with Crippen molar-refractivity contribution in [2.24, 2.45) is 0 Å². The lowest BCUT2D eigenvalue weighted by Gasteiger charge is -2.34. The number of nitrogens with zero attached hydrogens (tertiary/aromatic N) is 1. The molecule has 1 unspecified atom stereocenters. The second kappa shape index (κ2) is 7.17. The summed E-state index contributed by atoms with van der Waals surface area (Å²) in [6.45, 7) is 1.36. The summed E-state index contributed by atoms with van der Waals surface area (Å²) in [5.41, 5.74) is 0.484. The first kappa shape index (κ1) is 16.7. The predicted octanol–water partition coefficient (Wildman–Crippen LogP) is 0.803. The average Bonchev–Trinajstić information content (AvgIpc) is 3.36. The first-order valence-corrected chi connectivity index (χ1v) is 8.20. The van der Waals surface area contributed by atoms with Gasteiger partial charge in [0.2, 0.25) is 11.8 Å². The molecule has 0 bridgehead atoms. The van der Waals surface area contributed by atoms with Gasteiger partial charge in [-0.05, 0) is 18.9 Å². The minimum absolute atomic E-state index is 0.0973. The molecule has 0 radical (unpaired) electrons. The molecule has 1 aromatic rings. The van der Waals surface area contributed by atoms with Gasteiger partial charge >= 0.3 is 0 Å². The lowest BCUT2D eigenvalue weighted by Crippen LogP contribution is -2.56. The van der Waals surface area contributed by atoms with Crippen molar-refractivity contribution in [1.29, 1.82) is 0 Å². The molecule has 1 saturated carbocycles. The Morgan fingerprint density at radius 3 is 2.92 bits per heavy atom. The van der Waals surface area contributed by atoms with E-state index in [-0.39, 0.29) is 36.6 Å². The highest BCUT2D eigenvalue weighted by molar-refractivity contribution is 5.89. The third kappa shape index (κ3) is 4.03. The van der Waals surface area contributed by atoms with Crippen molar-refractivity contribution in [2.45, 2.75) is 37.9 Å². The van der Waals surface area contributed by atoms with Crippen molar-refractivity contribution in [3.63, 3.8) is 0 Å². The van der Waals surface area contributed by atoms with Gasteiger partial charge in [-0.25, -0.2) is 4.39 Å². The predicted molar refractivity (Wildman–Crippen MR) is 85.9 cm³/mol. The average molecular weight is 335 g/mol. The standard InChI is InChI=1S/C17H22FN3O3/c1-24-13-5-2-11(14(18)8-13)10-21-7-6-19-17(23)15(21)9-16(22)20-12-3-4-12/h2,5,8,12,15H,3-4,6-7,9-10H2,1H3,(H,19,23)(H,20,22). The molecule has 1 aliphatic heterocycles. The number of piperazine rings is 1. The highest BCUT2D eigenvalue weighted by Crippen LogP contribution is 2.22. The Kier molecular flexibility index (Phi) is 4.99. The second-order valence-corrected chi connectivity index (χ2v) is 6.28. The largest absolute Gasteiger partial charge is 0.497 e. The highest BCUT2D eigenvalue weighted by atomic mass is 19.1. The number of carbonyl (C=O) groups excluding carboxylic acids is 2. The number of rotatable bonds is 6. The summed E-state index contributed by atoms with van der Waals surface area (Å²) in [6.07, 6.45) is 2.10. The topological polar surface area (TPSA) is 70.7 Å². The molecule has 1 aliphatic carbocycles. The molecule has 2 aliphatic rings. The van der Waals surface area contributed by atoms with E-state index in [1.54, 1.807) is 12.1 Å². The van der Waals surface area contributed by atoms with Gasteiger partial charge in [0.15, 0.2) is 0 Å². The number of halogens is 1. The summed E-state index contributed by atoms with van der Waals surface area (Å²) in [4.78, 5) is 26.1.